The lowest BCUT2D eigenvalue weighted by molar-refractivity contribution is -0.171. The molecule has 2 atom stereocenters. The number of rotatable bonds is 1. The van der Waals surface area contributed by atoms with E-state index in [1.807, 2.05) is 0 Å². The number of carbonyl (C=O) groups is 2. The molecule has 106 valence electrons. The third kappa shape index (κ3) is 1.56. The van der Waals surface area contributed by atoms with Gasteiger partial charge in [-0.2, -0.15) is 0 Å². The van der Waals surface area contributed by atoms with Crippen LogP contribution in [0, 0.1) is 16.7 Å². The lowest BCUT2D eigenvalue weighted by Crippen LogP contribution is -2.61. The third-order valence-corrected chi connectivity index (χ3v) is 6.39. The zero-order valence-corrected chi connectivity index (χ0v) is 12.4. The van der Waals surface area contributed by atoms with Crippen LogP contribution in [0.1, 0.15) is 65.7 Å². The van der Waals surface area contributed by atoms with Gasteiger partial charge in [0, 0.05) is 12.0 Å². The maximum atomic E-state index is 12.9. The smallest absolute Gasteiger partial charge is 0.235 e. The van der Waals surface area contributed by atoms with E-state index in [0.717, 1.165) is 38.5 Å². The molecule has 19 heavy (non-hydrogen) atoms. The molecule has 3 fully saturated rings. The molecule has 3 heteroatoms. The Morgan fingerprint density at radius 2 is 1.63 bits per heavy atom. The summed E-state index contributed by atoms with van der Waals surface area (Å²) in [6.45, 7) is 6.30. The van der Waals surface area contributed by atoms with Crippen molar-refractivity contribution in [3.63, 3.8) is 0 Å². The van der Waals surface area contributed by atoms with Gasteiger partial charge in [-0.3, -0.25) is 14.5 Å². The number of carbonyl (C=O) groups excluding carboxylic acids is 2. The highest BCUT2D eigenvalue weighted by Gasteiger charge is 2.65. The summed E-state index contributed by atoms with van der Waals surface area (Å²) in [5.74, 6) is 0.289. The van der Waals surface area contributed by atoms with E-state index in [-0.39, 0.29) is 34.6 Å². The highest BCUT2D eigenvalue weighted by atomic mass is 16.2. The summed E-state index contributed by atoms with van der Waals surface area (Å²) in [6, 6.07) is 0.185. The number of hydrogen-bond acceptors (Lipinski definition) is 2. The number of likely N-dealkylation sites (tertiary alicyclic amines) is 1. The number of imide groups is 1. The molecule has 3 aliphatic rings. The molecule has 2 amide bonds. The Morgan fingerprint density at radius 3 is 2.26 bits per heavy atom. The predicted octanol–water partition coefficient (Wildman–Crippen LogP) is 3.13. The number of fused-ring (bicyclic) bond motifs is 2. The van der Waals surface area contributed by atoms with Gasteiger partial charge in [0.25, 0.3) is 0 Å². The van der Waals surface area contributed by atoms with Crippen LogP contribution < -0.4 is 0 Å². The normalized spacial score (nSPS) is 38.9. The SMILES string of the molecule is CC1(C)[C@H]2CC[C@]1(C)C(=O)N(C1CCCCC1)C2=O. The fourth-order valence-corrected chi connectivity index (χ4v) is 4.53. The molecule has 2 saturated carbocycles. The Balaban J connectivity index is 1.96. The quantitative estimate of drug-likeness (QED) is 0.682. The number of amides is 2. The molecule has 3 nitrogen and oxygen atoms in total. The second-order valence-electron chi connectivity index (χ2n) is 7.45. The van der Waals surface area contributed by atoms with Crippen molar-refractivity contribution in [3.05, 3.63) is 0 Å². The zero-order valence-electron chi connectivity index (χ0n) is 12.4. The van der Waals surface area contributed by atoms with Crippen molar-refractivity contribution in [3.8, 4) is 0 Å². The summed E-state index contributed by atoms with van der Waals surface area (Å²) in [6.07, 6.45) is 7.36. The summed E-state index contributed by atoms with van der Waals surface area (Å²) >= 11 is 0. The molecule has 0 spiro atoms. The van der Waals surface area contributed by atoms with E-state index in [2.05, 4.69) is 20.8 Å². The summed E-state index contributed by atoms with van der Waals surface area (Å²) in [5.41, 5.74) is -0.505. The Labute approximate surface area is 115 Å². The number of hydrogen-bond donors (Lipinski definition) is 0. The highest BCUT2D eigenvalue weighted by molar-refractivity contribution is 6.04. The van der Waals surface area contributed by atoms with Gasteiger partial charge in [-0.25, -0.2) is 0 Å². The fourth-order valence-electron chi connectivity index (χ4n) is 4.53. The van der Waals surface area contributed by atoms with Gasteiger partial charge in [0.1, 0.15) is 0 Å². The number of nitrogens with zero attached hydrogens (tertiary/aromatic N) is 1. The minimum Gasteiger partial charge on any atom is -0.279 e. The Kier molecular flexibility index (Phi) is 2.81. The van der Waals surface area contributed by atoms with Crippen molar-refractivity contribution in [2.75, 3.05) is 0 Å². The van der Waals surface area contributed by atoms with E-state index < -0.39 is 0 Å². The van der Waals surface area contributed by atoms with Gasteiger partial charge >= 0.3 is 0 Å². The van der Waals surface area contributed by atoms with Crippen LogP contribution in [0.15, 0.2) is 0 Å². The Bertz CT molecular complexity index is 422. The summed E-state index contributed by atoms with van der Waals surface area (Å²) in [5, 5.41) is 0. The van der Waals surface area contributed by atoms with Crippen LogP contribution in [0.25, 0.3) is 0 Å². The van der Waals surface area contributed by atoms with Crippen molar-refractivity contribution >= 4 is 11.8 Å². The molecular formula is C16H25NO2. The summed E-state index contributed by atoms with van der Waals surface area (Å²) in [7, 11) is 0. The molecule has 0 aromatic heterocycles. The van der Waals surface area contributed by atoms with E-state index >= 15 is 0 Å². The standard InChI is InChI=1S/C16H25NO2/c1-15(2)12-9-10-16(15,3)14(19)17(13(12)18)11-7-5-4-6-8-11/h11-12H,4-10H2,1-3H3/t12-,16+/m0/s1. The Hall–Kier alpha value is -0.860. The topological polar surface area (TPSA) is 37.4 Å². The lowest BCUT2D eigenvalue weighted by Gasteiger charge is -2.50. The predicted molar refractivity (Wildman–Crippen MR) is 73.3 cm³/mol. The number of piperidine rings is 1. The monoisotopic (exact) mass is 263 g/mol. The molecule has 2 bridgehead atoms. The van der Waals surface area contributed by atoms with Gasteiger partial charge < -0.3 is 0 Å². The first-order chi connectivity index (χ1) is 8.89. The van der Waals surface area contributed by atoms with Gasteiger partial charge in [0.15, 0.2) is 0 Å². The van der Waals surface area contributed by atoms with E-state index in [4.69, 9.17) is 0 Å². The molecule has 0 unspecified atom stereocenters. The van der Waals surface area contributed by atoms with Crippen molar-refractivity contribution < 1.29 is 9.59 Å². The second-order valence-corrected chi connectivity index (χ2v) is 7.45. The first-order valence-electron chi connectivity index (χ1n) is 7.77. The van der Waals surface area contributed by atoms with Gasteiger partial charge in [-0.05, 0) is 31.1 Å². The summed E-state index contributed by atoms with van der Waals surface area (Å²) in [4.78, 5) is 27.4. The van der Waals surface area contributed by atoms with Crippen LogP contribution in [-0.4, -0.2) is 22.8 Å². The lowest BCUT2D eigenvalue weighted by atomic mass is 9.62. The first kappa shape index (κ1) is 13.1. The molecule has 2 aliphatic carbocycles. The van der Waals surface area contributed by atoms with Gasteiger partial charge in [-0.15, -0.1) is 0 Å². The van der Waals surface area contributed by atoms with Gasteiger partial charge in [0.2, 0.25) is 11.8 Å². The van der Waals surface area contributed by atoms with E-state index in [0.29, 0.717) is 0 Å². The maximum Gasteiger partial charge on any atom is 0.235 e. The minimum atomic E-state index is -0.330. The van der Waals surface area contributed by atoms with Crippen LogP contribution in [0.2, 0.25) is 0 Å². The summed E-state index contributed by atoms with van der Waals surface area (Å²) < 4.78 is 0. The molecule has 0 N–H and O–H groups in total. The second kappa shape index (κ2) is 4.07. The zero-order chi connectivity index (χ0) is 13.8. The molecule has 0 aromatic carbocycles. The molecule has 1 heterocycles. The highest BCUT2D eigenvalue weighted by Crippen LogP contribution is 2.60. The van der Waals surface area contributed by atoms with Crippen molar-refractivity contribution in [1.82, 2.24) is 4.90 Å². The molecule has 1 saturated heterocycles. The molecule has 0 aromatic rings. The van der Waals surface area contributed by atoms with Gasteiger partial charge in [-0.1, -0.05) is 40.0 Å². The van der Waals surface area contributed by atoms with Crippen molar-refractivity contribution in [2.45, 2.75) is 71.8 Å². The van der Waals surface area contributed by atoms with Crippen LogP contribution in [-0.2, 0) is 9.59 Å². The molecule has 1 aliphatic heterocycles. The van der Waals surface area contributed by atoms with Gasteiger partial charge in [0.05, 0.1) is 5.41 Å². The van der Waals surface area contributed by atoms with E-state index in [1.165, 1.54) is 6.42 Å². The molecule has 0 radical (unpaired) electrons. The molecular weight excluding hydrogens is 238 g/mol. The Morgan fingerprint density at radius 1 is 1.00 bits per heavy atom. The molecule has 3 rings (SSSR count). The minimum absolute atomic E-state index is 0.0529. The average Bonchev–Trinajstić information content (AvgIpc) is 2.56. The first-order valence-corrected chi connectivity index (χ1v) is 7.77. The van der Waals surface area contributed by atoms with Crippen LogP contribution in [0.3, 0.4) is 0 Å². The van der Waals surface area contributed by atoms with E-state index in [1.54, 1.807) is 4.90 Å². The third-order valence-electron chi connectivity index (χ3n) is 6.39. The maximum absolute atomic E-state index is 12.9. The largest absolute Gasteiger partial charge is 0.279 e. The average molecular weight is 263 g/mol. The van der Waals surface area contributed by atoms with Crippen molar-refractivity contribution in [2.24, 2.45) is 16.7 Å². The van der Waals surface area contributed by atoms with Crippen LogP contribution in [0.4, 0.5) is 0 Å². The van der Waals surface area contributed by atoms with Crippen molar-refractivity contribution in [1.29, 1.82) is 0 Å². The fraction of sp³-hybridized carbons (Fsp3) is 0.875. The van der Waals surface area contributed by atoms with Crippen LogP contribution >= 0.6 is 0 Å². The van der Waals surface area contributed by atoms with E-state index in [9.17, 15) is 9.59 Å². The van der Waals surface area contributed by atoms with Crippen LogP contribution in [0.5, 0.6) is 0 Å².